The fourth-order valence-electron chi connectivity index (χ4n) is 2.56. The number of ether oxygens (including phenoxy) is 1. The maximum absolute atomic E-state index is 12.2. The van der Waals surface area contributed by atoms with Gasteiger partial charge in [-0.15, -0.1) is 0 Å². The van der Waals surface area contributed by atoms with Crippen LogP contribution >= 0.6 is 0 Å². The van der Waals surface area contributed by atoms with Gasteiger partial charge in [0.05, 0.1) is 37.1 Å². The zero-order valence-electron chi connectivity index (χ0n) is 12.1. The summed E-state index contributed by atoms with van der Waals surface area (Å²) >= 11 is 0. The van der Waals surface area contributed by atoms with Gasteiger partial charge in [-0.25, -0.2) is 18.4 Å². The maximum Gasteiger partial charge on any atom is 0.274 e. The second-order valence-electron chi connectivity index (χ2n) is 5.44. The first-order chi connectivity index (χ1) is 10.5. The molecule has 1 unspecified atom stereocenters. The molecule has 3 rings (SSSR count). The molecule has 2 aliphatic rings. The Kier molecular flexibility index (Phi) is 4.25. The lowest BCUT2D eigenvalue weighted by Crippen LogP contribution is -2.41. The molecule has 1 amide bonds. The highest BCUT2D eigenvalue weighted by atomic mass is 32.2. The summed E-state index contributed by atoms with van der Waals surface area (Å²) in [5, 5.41) is 3.04. The highest BCUT2D eigenvalue weighted by Gasteiger charge is 2.28. The van der Waals surface area contributed by atoms with Gasteiger partial charge in [0.25, 0.3) is 5.91 Å². The summed E-state index contributed by atoms with van der Waals surface area (Å²) < 4.78 is 28.0. The lowest BCUT2D eigenvalue weighted by atomic mass is 10.2. The van der Waals surface area contributed by atoms with Crippen molar-refractivity contribution >= 4 is 21.6 Å². The van der Waals surface area contributed by atoms with E-state index in [1.54, 1.807) is 4.90 Å². The largest absolute Gasteiger partial charge is 0.378 e. The summed E-state index contributed by atoms with van der Waals surface area (Å²) in [6.45, 7) is 2.19. The van der Waals surface area contributed by atoms with E-state index in [2.05, 4.69) is 15.3 Å². The molecular formula is C13H18N4O4S. The van der Waals surface area contributed by atoms with Crippen molar-refractivity contribution in [3.8, 4) is 0 Å². The third kappa shape index (κ3) is 3.53. The van der Waals surface area contributed by atoms with Crippen molar-refractivity contribution in [1.29, 1.82) is 0 Å². The number of rotatable bonds is 3. The van der Waals surface area contributed by atoms with Crippen molar-refractivity contribution in [2.45, 2.75) is 12.5 Å². The van der Waals surface area contributed by atoms with Gasteiger partial charge in [0, 0.05) is 19.1 Å². The molecule has 3 heterocycles. The highest BCUT2D eigenvalue weighted by molar-refractivity contribution is 7.91. The van der Waals surface area contributed by atoms with Crippen molar-refractivity contribution in [3.05, 3.63) is 18.1 Å². The van der Waals surface area contributed by atoms with E-state index in [-0.39, 0.29) is 29.1 Å². The topological polar surface area (TPSA) is 101 Å². The Morgan fingerprint density at radius 3 is 2.64 bits per heavy atom. The van der Waals surface area contributed by atoms with E-state index >= 15 is 0 Å². The van der Waals surface area contributed by atoms with Gasteiger partial charge in [0.15, 0.2) is 9.84 Å². The molecule has 1 N–H and O–H groups in total. The van der Waals surface area contributed by atoms with Crippen LogP contribution in [0.15, 0.2) is 12.4 Å². The number of nitrogens with one attached hydrogen (secondary N) is 1. The molecule has 0 bridgehead atoms. The predicted octanol–water partition coefficient (Wildman–Crippen LogP) is -0.452. The van der Waals surface area contributed by atoms with Gasteiger partial charge in [-0.05, 0) is 6.42 Å². The monoisotopic (exact) mass is 326 g/mol. The van der Waals surface area contributed by atoms with Crippen LogP contribution in [0.4, 0.5) is 5.82 Å². The minimum absolute atomic E-state index is 0.114. The minimum atomic E-state index is -2.93. The summed E-state index contributed by atoms with van der Waals surface area (Å²) in [5.41, 5.74) is 0.284. The van der Waals surface area contributed by atoms with E-state index in [1.807, 2.05) is 0 Å². The standard InChI is InChI=1S/C13H18N4O4S/c18-13(17-2-4-21-5-3-17)11-7-15-12(8-14-11)16-10-1-6-22(19,20)9-10/h7-8,10H,1-6,9H2,(H,15,16). The quantitative estimate of drug-likeness (QED) is 0.802. The van der Waals surface area contributed by atoms with E-state index < -0.39 is 9.84 Å². The first-order valence-corrected chi connectivity index (χ1v) is 9.02. The summed E-state index contributed by atoms with van der Waals surface area (Å²) in [7, 11) is -2.93. The van der Waals surface area contributed by atoms with Crippen LogP contribution in [0, 0.1) is 0 Å². The van der Waals surface area contributed by atoms with E-state index in [1.165, 1.54) is 12.4 Å². The number of nitrogens with zero attached hydrogens (tertiary/aromatic N) is 3. The molecule has 2 fully saturated rings. The number of aromatic nitrogens is 2. The Hall–Kier alpha value is -1.74. The van der Waals surface area contributed by atoms with Crippen molar-refractivity contribution in [2.24, 2.45) is 0 Å². The van der Waals surface area contributed by atoms with Crippen LogP contribution in [0.2, 0.25) is 0 Å². The molecule has 0 aliphatic carbocycles. The van der Waals surface area contributed by atoms with Crippen molar-refractivity contribution in [1.82, 2.24) is 14.9 Å². The molecule has 1 aromatic rings. The predicted molar refractivity (Wildman–Crippen MR) is 79.4 cm³/mol. The number of carbonyl (C=O) groups excluding carboxylic acids is 1. The number of hydrogen-bond donors (Lipinski definition) is 1. The fourth-order valence-corrected chi connectivity index (χ4v) is 4.23. The van der Waals surface area contributed by atoms with E-state index in [4.69, 9.17) is 4.74 Å². The number of carbonyl (C=O) groups is 1. The minimum Gasteiger partial charge on any atom is -0.378 e. The first-order valence-electron chi connectivity index (χ1n) is 7.19. The molecule has 120 valence electrons. The summed E-state index contributed by atoms with van der Waals surface area (Å²) in [6.07, 6.45) is 3.46. The zero-order chi connectivity index (χ0) is 15.6. The van der Waals surface area contributed by atoms with Gasteiger partial charge in [-0.2, -0.15) is 0 Å². The average Bonchev–Trinajstić information content (AvgIpc) is 2.87. The summed E-state index contributed by atoms with van der Waals surface area (Å²) in [6, 6.07) is -0.139. The third-order valence-corrected chi connectivity index (χ3v) is 5.52. The van der Waals surface area contributed by atoms with Gasteiger partial charge in [-0.3, -0.25) is 4.79 Å². The van der Waals surface area contributed by atoms with Crippen molar-refractivity contribution < 1.29 is 17.9 Å². The lowest BCUT2D eigenvalue weighted by Gasteiger charge is -2.26. The summed E-state index contributed by atoms with van der Waals surface area (Å²) in [4.78, 5) is 22.2. The second-order valence-corrected chi connectivity index (χ2v) is 7.66. The average molecular weight is 326 g/mol. The molecule has 8 nitrogen and oxygen atoms in total. The molecule has 0 saturated carbocycles. The molecule has 22 heavy (non-hydrogen) atoms. The van der Waals surface area contributed by atoms with E-state index in [0.717, 1.165) is 0 Å². The number of amides is 1. The molecule has 1 aromatic heterocycles. The normalized spacial score (nSPS) is 24.2. The molecule has 9 heteroatoms. The van der Waals surface area contributed by atoms with Crippen LogP contribution in [0.5, 0.6) is 0 Å². The summed E-state index contributed by atoms with van der Waals surface area (Å²) in [5.74, 6) is 0.640. The number of hydrogen-bond acceptors (Lipinski definition) is 7. The first kappa shape index (κ1) is 15.2. The molecular weight excluding hydrogens is 308 g/mol. The highest BCUT2D eigenvalue weighted by Crippen LogP contribution is 2.16. The van der Waals surface area contributed by atoms with Gasteiger partial charge >= 0.3 is 0 Å². The maximum atomic E-state index is 12.2. The molecule has 0 spiro atoms. The van der Waals surface area contributed by atoms with Gasteiger partial charge in [0.2, 0.25) is 0 Å². The molecule has 0 aromatic carbocycles. The molecule has 0 radical (unpaired) electrons. The number of anilines is 1. The van der Waals surface area contributed by atoms with Crippen LogP contribution in [-0.4, -0.2) is 73.0 Å². The van der Waals surface area contributed by atoms with Crippen LogP contribution in [-0.2, 0) is 14.6 Å². The Labute approximate surface area is 128 Å². The van der Waals surface area contributed by atoms with Crippen molar-refractivity contribution in [2.75, 3.05) is 43.1 Å². The van der Waals surface area contributed by atoms with Gasteiger partial charge < -0.3 is 15.0 Å². The van der Waals surface area contributed by atoms with Crippen LogP contribution < -0.4 is 5.32 Å². The second kappa shape index (κ2) is 6.17. The Balaban J connectivity index is 1.61. The number of sulfone groups is 1. The number of morpholine rings is 1. The van der Waals surface area contributed by atoms with E-state index in [9.17, 15) is 13.2 Å². The third-order valence-electron chi connectivity index (χ3n) is 3.75. The van der Waals surface area contributed by atoms with Crippen LogP contribution in [0.3, 0.4) is 0 Å². The SMILES string of the molecule is O=C(c1cnc(NC2CCS(=O)(=O)C2)cn1)N1CCOCC1. The Morgan fingerprint density at radius 2 is 2.05 bits per heavy atom. The van der Waals surface area contributed by atoms with Gasteiger partial charge in [-0.1, -0.05) is 0 Å². The molecule has 2 aliphatic heterocycles. The Bertz CT molecular complexity index is 641. The van der Waals surface area contributed by atoms with Crippen molar-refractivity contribution in [3.63, 3.8) is 0 Å². The van der Waals surface area contributed by atoms with E-state index in [0.29, 0.717) is 38.5 Å². The Morgan fingerprint density at radius 1 is 1.27 bits per heavy atom. The zero-order valence-corrected chi connectivity index (χ0v) is 12.9. The smallest absolute Gasteiger partial charge is 0.274 e. The van der Waals surface area contributed by atoms with Crippen LogP contribution in [0.25, 0.3) is 0 Å². The van der Waals surface area contributed by atoms with Crippen LogP contribution in [0.1, 0.15) is 16.9 Å². The molecule has 2 saturated heterocycles. The molecule has 1 atom stereocenters. The lowest BCUT2D eigenvalue weighted by molar-refractivity contribution is 0.0298. The van der Waals surface area contributed by atoms with Gasteiger partial charge in [0.1, 0.15) is 11.5 Å². The fraction of sp³-hybridized carbons (Fsp3) is 0.615.